The van der Waals surface area contributed by atoms with Crippen molar-refractivity contribution in [2.75, 3.05) is 6.61 Å². The van der Waals surface area contributed by atoms with Gasteiger partial charge in [0.2, 0.25) is 0 Å². The van der Waals surface area contributed by atoms with Crippen LogP contribution in [0.25, 0.3) is 0 Å². The third-order valence-electron chi connectivity index (χ3n) is 3.76. The van der Waals surface area contributed by atoms with Crippen molar-refractivity contribution in [3.63, 3.8) is 0 Å². The first-order valence-electron chi connectivity index (χ1n) is 8.37. The van der Waals surface area contributed by atoms with Crippen molar-refractivity contribution in [2.45, 2.75) is 89.2 Å². The lowest BCUT2D eigenvalue weighted by Crippen LogP contribution is -2.51. The van der Waals surface area contributed by atoms with E-state index in [-0.39, 0.29) is 12.8 Å². The molecule has 0 aromatic carbocycles. The SMILES string of the molecule is CC(=S)OCCCCCCCCCCCC(F)(F)C(F)(F)C(F)(F)F. The number of ether oxygens (including phenoxy) is 1. The number of thiocarbonyl (C=S) groups is 1. The molecule has 0 saturated carbocycles. The molecule has 0 aliphatic carbocycles. The van der Waals surface area contributed by atoms with E-state index < -0.39 is 24.4 Å². The molecule has 9 heteroatoms. The van der Waals surface area contributed by atoms with E-state index in [1.807, 2.05) is 0 Å². The first kappa shape index (κ1) is 24.4. The molecule has 0 aromatic heterocycles. The van der Waals surface area contributed by atoms with Crippen LogP contribution < -0.4 is 0 Å². The Bertz CT molecular complexity index is 383. The molecule has 0 atom stereocenters. The van der Waals surface area contributed by atoms with Crippen LogP contribution in [-0.4, -0.2) is 29.7 Å². The molecule has 0 bridgehead atoms. The Balaban J connectivity index is 3.65. The van der Waals surface area contributed by atoms with E-state index in [0.717, 1.165) is 38.5 Å². The molecule has 0 radical (unpaired) electrons. The zero-order chi connectivity index (χ0) is 19.6. The van der Waals surface area contributed by atoms with Gasteiger partial charge in [0.05, 0.1) is 6.61 Å². The minimum atomic E-state index is -6.23. The number of alkyl halides is 7. The fourth-order valence-corrected chi connectivity index (χ4v) is 2.35. The predicted molar refractivity (Wildman–Crippen MR) is 86.3 cm³/mol. The van der Waals surface area contributed by atoms with Crippen molar-refractivity contribution in [2.24, 2.45) is 0 Å². The van der Waals surface area contributed by atoms with Crippen LogP contribution >= 0.6 is 12.2 Å². The predicted octanol–water partition coefficient (Wildman–Crippen LogP) is 7.08. The molecule has 0 aliphatic heterocycles. The molecule has 0 heterocycles. The molecule has 1 nitrogen and oxygen atoms in total. The third kappa shape index (κ3) is 9.61. The van der Waals surface area contributed by atoms with E-state index in [1.54, 1.807) is 6.92 Å². The highest BCUT2D eigenvalue weighted by molar-refractivity contribution is 7.80. The average molecular weight is 398 g/mol. The van der Waals surface area contributed by atoms with Crippen molar-refractivity contribution in [1.82, 2.24) is 0 Å². The Kier molecular flexibility index (Phi) is 10.9. The number of hydrogen-bond donors (Lipinski definition) is 0. The summed E-state index contributed by atoms with van der Waals surface area (Å²) < 4.78 is 92.4. The van der Waals surface area contributed by atoms with Gasteiger partial charge >= 0.3 is 18.0 Å². The molecular formula is C16H25F7OS. The lowest BCUT2D eigenvalue weighted by molar-refractivity contribution is -0.355. The van der Waals surface area contributed by atoms with Crippen molar-refractivity contribution >= 4 is 17.3 Å². The van der Waals surface area contributed by atoms with Crippen LogP contribution in [0.15, 0.2) is 0 Å². The van der Waals surface area contributed by atoms with E-state index in [1.165, 1.54) is 0 Å². The second-order valence-corrected chi connectivity index (χ2v) is 6.62. The Morgan fingerprint density at radius 3 is 1.52 bits per heavy atom. The van der Waals surface area contributed by atoms with Crippen LogP contribution in [0.3, 0.4) is 0 Å². The second-order valence-electron chi connectivity index (χ2n) is 6.05. The Labute approximate surface area is 149 Å². The lowest BCUT2D eigenvalue weighted by Gasteiger charge is -2.28. The molecule has 0 aliphatic rings. The third-order valence-corrected chi connectivity index (χ3v) is 3.87. The minimum Gasteiger partial charge on any atom is -0.487 e. The van der Waals surface area contributed by atoms with Gasteiger partial charge in [-0.05, 0) is 25.1 Å². The molecule has 150 valence electrons. The van der Waals surface area contributed by atoms with E-state index in [4.69, 9.17) is 17.0 Å². The average Bonchev–Trinajstić information content (AvgIpc) is 2.46. The zero-order valence-corrected chi connectivity index (χ0v) is 15.1. The summed E-state index contributed by atoms with van der Waals surface area (Å²) >= 11 is 4.76. The molecule has 0 fully saturated rings. The van der Waals surface area contributed by atoms with Crippen molar-refractivity contribution in [3.8, 4) is 0 Å². The minimum absolute atomic E-state index is 0.214. The number of unbranched alkanes of at least 4 members (excludes halogenated alkanes) is 8. The maximum absolute atomic E-state index is 13.0. The van der Waals surface area contributed by atoms with Crippen molar-refractivity contribution in [3.05, 3.63) is 0 Å². The number of rotatable bonds is 13. The Morgan fingerprint density at radius 2 is 1.12 bits per heavy atom. The number of halogens is 7. The summed E-state index contributed by atoms with van der Waals surface area (Å²) in [7, 11) is 0. The molecule has 0 aromatic rings. The zero-order valence-electron chi connectivity index (χ0n) is 14.2. The summed E-state index contributed by atoms with van der Waals surface area (Å²) in [6.07, 6.45) is -1.83. The van der Waals surface area contributed by atoms with Crippen molar-refractivity contribution in [1.29, 1.82) is 0 Å². The molecule has 0 spiro atoms. The summed E-state index contributed by atoms with van der Waals surface area (Å²) in [6.45, 7) is 2.29. The topological polar surface area (TPSA) is 9.23 Å². The summed E-state index contributed by atoms with van der Waals surface area (Å²) in [5.41, 5.74) is 0. The van der Waals surface area contributed by atoms with Gasteiger partial charge < -0.3 is 4.74 Å². The van der Waals surface area contributed by atoms with E-state index in [9.17, 15) is 30.7 Å². The van der Waals surface area contributed by atoms with Gasteiger partial charge in [-0.3, -0.25) is 0 Å². The standard InChI is InChI=1S/C16H25F7OS/c1-13(25)24-12-10-8-6-4-2-3-5-7-9-11-14(17,18)15(19,20)16(21,22)23/h2-12H2,1H3. The van der Waals surface area contributed by atoms with E-state index in [2.05, 4.69) is 0 Å². The van der Waals surface area contributed by atoms with Crippen LogP contribution in [0.2, 0.25) is 0 Å². The molecular weight excluding hydrogens is 373 g/mol. The Hall–Kier alpha value is -0.600. The molecule has 0 rings (SSSR count). The van der Waals surface area contributed by atoms with Gasteiger partial charge in [0.25, 0.3) is 0 Å². The largest absolute Gasteiger partial charge is 0.487 e. The van der Waals surface area contributed by atoms with Gasteiger partial charge in [0, 0.05) is 13.3 Å². The summed E-state index contributed by atoms with van der Waals surface area (Å²) in [6, 6.07) is 0. The first-order chi connectivity index (χ1) is 11.4. The van der Waals surface area contributed by atoms with Crippen LogP contribution in [0, 0.1) is 0 Å². The van der Waals surface area contributed by atoms with Crippen LogP contribution in [0.1, 0.15) is 71.1 Å². The molecule has 25 heavy (non-hydrogen) atoms. The quantitative estimate of drug-likeness (QED) is 0.186. The van der Waals surface area contributed by atoms with Gasteiger partial charge in [0.15, 0.2) is 5.05 Å². The van der Waals surface area contributed by atoms with Gasteiger partial charge in [-0.15, -0.1) is 0 Å². The van der Waals surface area contributed by atoms with Crippen LogP contribution in [-0.2, 0) is 4.74 Å². The van der Waals surface area contributed by atoms with Gasteiger partial charge in [-0.25, -0.2) is 0 Å². The molecule has 0 N–H and O–H groups in total. The summed E-state index contributed by atoms with van der Waals surface area (Å²) in [5.74, 6) is -11.0. The van der Waals surface area contributed by atoms with Crippen molar-refractivity contribution < 1.29 is 35.5 Å². The van der Waals surface area contributed by atoms with Gasteiger partial charge in [0.1, 0.15) is 0 Å². The van der Waals surface area contributed by atoms with E-state index in [0.29, 0.717) is 18.1 Å². The van der Waals surface area contributed by atoms with Gasteiger partial charge in [-0.2, -0.15) is 30.7 Å². The fraction of sp³-hybridized carbons (Fsp3) is 0.938. The highest BCUT2D eigenvalue weighted by Gasteiger charge is 2.72. The highest BCUT2D eigenvalue weighted by atomic mass is 32.1. The Morgan fingerprint density at radius 1 is 0.720 bits per heavy atom. The normalized spacial score (nSPS) is 13.1. The van der Waals surface area contributed by atoms with Gasteiger partial charge in [-0.1, -0.05) is 44.9 Å². The molecule has 0 amide bonds. The maximum atomic E-state index is 13.0. The fourth-order valence-electron chi connectivity index (χ4n) is 2.27. The molecule has 0 unspecified atom stereocenters. The van der Waals surface area contributed by atoms with E-state index >= 15 is 0 Å². The number of hydrogen-bond acceptors (Lipinski definition) is 2. The monoisotopic (exact) mass is 398 g/mol. The lowest BCUT2D eigenvalue weighted by atomic mass is 10.0. The smallest absolute Gasteiger partial charge is 0.459 e. The first-order valence-corrected chi connectivity index (χ1v) is 8.78. The summed E-state index contributed by atoms with van der Waals surface area (Å²) in [4.78, 5) is 0. The van der Waals surface area contributed by atoms with Crippen LogP contribution in [0.5, 0.6) is 0 Å². The summed E-state index contributed by atoms with van der Waals surface area (Å²) in [5, 5.41) is 0.513. The second kappa shape index (κ2) is 11.2. The maximum Gasteiger partial charge on any atom is 0.459 e. The highest BCUT2D eigenvalue weighted by Crippen LogP contribution is 2.48. The molecule has 0 saturated heterocycles. The van der Waals surface area contributed by atoms with Crippen LogP contribution in [0.4, 0.5) is 30.7 Å².